The van der Waals surface area contributed by atoms with E-state index in [9.17, 15) is 0 Å². The highest BCUT2D eigenvalue weighted by Gasteiger charge is 2.17. The van der Waals surface area contributed by atoms with Crippen molar-refractivity contribution in [1.29, 1.82) is 0 Å². The molecule has 78 valence electrons. The van der Waals surface area contributed by atoms with Crippen LogP contribution in [-0.2, 0) is 0 Å². The molecule has 1 fully saturated rings. The molecule has 0 aromatic carbocycles. The summed E-state index contributed by atoms with van der Waals surface area (Å²) in [7, 11) is 0. The first-order chi connectivity index (χ1) is 6.86. The quantitative estimate of drug-likeness (QED) is 0.798. The first-order valence-corrected chi connectivity index (χ1v) is 6.77. The first-order valence-electron chi connectivity index (χ1n) is 5.01. The van der Waals surface area contributed by atoms with Gasteiger partial charge in [0.2, 0.25) is 0 Å². The molecule has 1 unspecified atom stereocenters. The normalized spacial score (nSPS) is 20.9. The number of hydrogen-bond donors (Lipinski definition) is 1. The third-order valence-corrected chi connectivity index (χ3v) is 4.69. The predicted molar refractivity (Wildman–Crippen MR) is 64.1 cm³/mol. The third kappa shape index (κ3) is 2.73. The summed E-state index contributed by atoms with van der Waals surface area (Å²) in [6.45, 7) is 6.93. The standard InChI is InChI=1S/C10H16N2S2/c1-9(12-6-4-11-5-7-12)14-10-3-2-8-13-10/h2-3,8-9,11H,4-7H2,1H3. The van der Waals surface area contributed by atoms with Crippen molar-refractivity contribution in [2.75, 3.05) is 26.2 Å². The van der Waals surface area contributed by atoms with E-state index in [1.807, 2.05) is 23.1 Å². The van der Waals surface area contributed by atoms with Crippen molar-refractivity contribution >= 4 is 23.1 Å². The van der Waals surface area contributed by atoms with Gasteiger partial charge in [0.25, 0.3) is 0 Å². The molecule has 0 aliphatic carbocycles. The van der Waals surface area contributed by atoms with E-state index >= 15 is 0 Å². The summed E-state index contributed by atoms with van der Waals surface area (Å²) in [5.41, 5.74) is 0. The molecule has 0 bridgehead atoms. The van der Waals surface area contributed by atoms with Gasteiger partial charge < -0.3 is 5.32 Å². The van der Waals surface area contributed by atoms with Crippen LogP contribution in [0.4, 0.5) is 0 Å². The van der Waals surface area contributed by atoms with E-state index in [0.29, 0.717) is 5.37 Å². The predicted octanol–water partition coefficient (Wildman–Crippen LogP) is 2.09. The Morgan fingerprint density at radius 1 is 1.50 bits per heavy atom. The molecule has 4 heteroatoms. The monoisotopic (exact) mass is 228 g/mol. The summed E-state index contributed by atoms with van der Waals surface area (Å²) < 4.78 is 1.43. The highest BCUT2D eigenvalue weighted by molar-refractivity contribution is 8.01. The molecular weight excluding hydrogens is 212 g/mol. The number of hydrogen-bond acceptors (Lipinski definition) is 4. The zero-order chi connectivity index (χ0) is 9.80. The summed E-state index contributed by atoms with van der Waals surface area (Å²) in [6, 6.07) is 4.32. The number of nitrogens with one attached hydrogen (secondary N) is 1. The number of rotatable bonds is 3. The van der Waals surface area contributed by atoms with Gasteiger partial charge >= 0.3 is 0 Å². The van der Waals surface area contributed by atoms with Gasteiger partial charge in [-0.2, -0.15) is 0 Å². The van der Waals surface area contributed by atoms with Gasteiger partial charge in [-0.25, -0.2) is 0 Å². The molecule has 2 nitrogen and oxygen atoms in total. The Balaban J connectivity index is 1.85. The molecule has 1 aromatic rings. The topological polar surface area (TPSA) is 15.3 Å². The maximum atomic E-state index is 3.38. The van der Waals surface area contributed by atoms with Crippen LogP contribution in [0.15, 0.2) is 21.7 Å². The second-order valence-electron chi connectivity index (χ2n) is 3.44. The highest BCUT2D eigenvalue weighted by Crippen LogP contribution is 2.29. The molecule has 0 saturated carbocycles. The Morgan fingerprint density at radius 3 is 2.93 bits per heavy atom. The Morgan fingerprint density at radius 2 is 2.29 bits per heavy atom. The zero-order valence-electron chi connectivity index (χ0n) is 8.40. The van der Waals surface area contributed by atoms with Crippen LogP contribution < -0.4 is 5.32 Å². The number of piperazine rings is 1. The minimum Gasteiger partial charge on any atom is -0.314 e. The molecule has 1 aromatic heterocycles. The molecule has 1 aliphatic heterocycles. The van der Waals surface area contributed by atoms with E-state index in [-0.39, 0.29) is 0 Å². The van der Waals surface area contributed by atoms with Crippen molar-refractivity contribution in [2.45, 2.75) is 16.5 Å². The van der Waals surface area contributed by atoms with Crippen LogP contribution in [-0.4, -0.2) is 36.5 Å². The molecule has 0 spiro atoms. The summed E-state index contributed by atoms with van der Waals surface area (Å²) in [5.74, 6) is 0. The second kappa shape index (κ2) is 5.16. The average molecular weight is 228 g/mol. The average Bonchev–Trinajstić information content (AvgIpc) is 2.72. The van der Waals surface area contributed by atoms with Crippen molar-refractivity contribution in [1.82, 2.24) is 10.2 Å². The number of thiophene rings is 1. The van der Waals surface area contributed by atoms with Gasteiger partial charge in [0.05, 0.1) is 9.58 Å². The van der Waals surface area contributed by atoms with Crippen LogP contribution in [0.3, 0.4) is 0 Å². The fourth-order valence-corrected chi connectivity index (χ4v) is 3.73. The van der Waals surface area contributed by atoms with Crippen molar-refractivity contribution in [3.8, 4) is 0 Å². The fourth-order valence-electron chi connectivity index (χ4n) is 1.62. The minimum atomic E-state index is 0.607. The maximum Gasteiger partial charge on any atom is 0.0613 e. The van der Waals surface area contributed by atoms with Gasteiger partial charge in [-0.15, -0.1) is 11.3 Å². The van der Waals surface area contributed by atoms with Gasteiger partial charge in [0.15, 0.2) is 0 Å². The highest BCUT2D eigenvalue weighted by atomic mass is 32.2. The van der Waals surface area contributed by atoms with Crippen molar-refractivity contribution in [2.24, 2.45) is 0 Å². The van der Waals surface area contributed by atoms with Crippen molar-refractivity contribution in [3.63, 3.8) is 0 Å². The molecule has 0 radical (unpaired) electrons. The molecule has 14 heavy (non-hydrogen) atoms. The first kappa shape index (κ1) is 10.5. The van der Waals surface area contributed by atoms with Gasteiger partial charge in [0, 0.05) is 26.2 Å². The Labute approximate surface area is 93.7 Å². The van der Waals surface area contributed by atoms with Crippen LogP contribution in [0.1, 0.15) is 6.92 Å². The van der Waals surface area contributed by atoms with E-state index in [1.54, 1.807) is 0 Å². The molecule has 1 atom stereocenters. The van der Waals surface area contributed by atoms with E-state index < -0.39 is 0 Å². The third-order valence-electron chi connectivity index (χ3n) is 2.45. The van der Waals surface area contributed by atoms with Crippen LogP contribution in [0.5, 0.6) is 0 Å². The largest absolute Gasteiger partial charge is 0.314 e. The van der Waals surface area contributed by atoms with Gasteiger partial charge in [-0.3, -0.25) is 4.90 Å². The lowest BCUT2D eigenvalue weighted by Crippen LogP contribution is -2.46. The fraction of sp³-hybridized carbons (Fsp3) is 0.600. The smallest absolute Gasteiger partial charge is 0.0613 e. The molecule has 2 rings (SSSR count). The zero-order valence-corrected chi connectivity index (χ0v) is 10.0. The molecule has 0 amide bonds. The minimum absolute atomic E-state index is 0.607. The van der Waals surface area contributed by atoms with Gasteiger partial charge in [-0.05, 0) is 18.4 Å². The Kier molecular flexibility index (Phi) is 3.87. The molecule has 1 aliphatic rings. The second-order valence-corrected chi connectivity index (χ2v) is 6.00. The lowest BCUT2D eigenvalue weighted by molar-refractivity contribution is 0.235. The molecule has 1 N–H and O–H groups in total. The van der Waals surface area contributed by atoms with E-state index in [2.05, 4.69) is 34.7 Å². The van der Waals surface area contributed by atoms with Gasteiger partial charge in [-0.1, -0.05) is 17.8 Å². The molecule has 2 heterocycles. The SMILES string of the molecule is CC(Sc1cccs1)N1CCNCC1. The van der Waals surface area contributed by atoms with Crippen LogP contribution in [0.2, 0.25) is 0 Å². The number of thioether (sulfide) groups is 1. The summed E-state index contributed by atoms with van der Waals surface area (Å²) in [4.78, 5) is 2.54. The van der Waals surface area contributed by atoms with Crippen LogP contribution >= 0.6 is 23.1 Å². The number of nitrogens with zero attached hydrogens (tertiary/aromatic N) is 1. The lowest BCUT2D eigenvalue weighted by Gasteiger charge is -2.31. The maximum absolute atomic E-state index is 3.38. The van der Waals surface area contributed by atoms with Crippen LogP contribution in [0, 0.1) is 0 Å². The summed E-state index contributed by atoms with van der Waals surface area (Å²) in [6.07, 6.45) is 0. The summed E-state index contributed by atoms with van der Waals surface area (Å²) in [5, 5.41) is 6.13. The van der Waals surface area contributed by atoms with E-state index in [4.69, 9.17) is 0 Å². The Bertz CT molecular complexity index is 255. The summed E-state index contributed by atoms with van der Waals surface area (Å²) >= 11 is 3.81. The Hall–Kier alpha value is -0.0300. The van der Waals surface area contributed by atoms with E-state index in [1.165, 1.54) is 17.3 Å². The van der Waals surface area contributed by atoms with Crippen LogP contribution in [0.25, 0.3) is 0 Å². The van der Waals surface area contributed by atoms with E-state index in [0.717, 1.165) is 13.1 Å². The van der Waals surface area contributed by atoms with Crippen molar-refractivity contribution in [3.05, 3.63) is 17.5 Å². The molecule has 1 saturated heterocycles. The lowest BCUT2D eigenvalue weighted by atomic mass is 10.4. The molecular formula is C10H16N2S2. The van der Waals surface area contributed by atoms with Gasteiger partial charge in [0.1, 0.15) is 0 Å². The van der Waals surface area contributed by atoms with Crippen molar-refractivity contribution < 1.29 is 0 Å².